The molecule has 2 aromatic heterocycles. The highest BCUT2D eigenvalue weighted by atomic mass is 16.3. The molecule has 0 unspecified atom stereocenters. The highest BCUT2D eigenvalue weighted by Crippen LogP contribution is 2.21. The van der Waals surface area contributed by atoms with E-state index >= 15 is 0 Å². The van der Waals surface area contributed by atoms with Crippen molar-refractivity contribution in [2.24, 2.45) is 5.92 Å². The molecule has 0 aromatic carbocycles. The molecule has 0 spiro atoms. The molecular weight excluding hydrogens is 366 g/mol. The first-order valence-corrected chi connectivity index (χ1v) is 10.4. The van der Waals surface area contributed by atoms with Gasteiger partial charge in [0.2, 0.25) is 5.95 Å². The Hall–Kier alpha value is -2.29. The molecule has 0 radical (unpaired) electrons. The molecule has 0 bridgehead atoms. The van der Waals surface area contributed by atoms with E-state index in [1.807, 2.05) is 18.2 Å². The molecule has 3 N–H and O–H groups in total. The summed E-state index contributed by atoms with van der Waals surface area (Å²) >= 11 is 0. The molecule has 1 atom stereocenters. The van der Waals surface area contributed by atoms with Crippen molar-refractivity contribution < 1.29 is 5.11 Å². The Balaban J connectivity index is 1.71. The van der Waals surface area contributed by atoms with E-state index in [9.17, 15) is 5.11 Å². The van der Waals surface area contributed by atoms with Crippen molar-refractivity contribution >= 4 is 11.8 Å². The Morgan fingerprint density at radius 2 is 1.83 bits per heavy atom. The first-order valence-electron chi connectivity index (χ1n) is 10.4. The smallest absolute Gasteiger partial charge is 0.225 e. The van der Waals surface area contributed by atoms with Crippen LogP contribution in [0.2, 0.25) is 0 Å². The third kappa shape index (κ3) is 6.35. The van der Waals surface area contributed by atoms with Crippen LogP contribution in [0.5, 0.6) is 0 Å². The van der Waals surface area contributed by atoms with E-state index in [0.717, 1.165) is 56.3 Å². The van der Waals surface area contributed by atoms with E-state index in [1.165, 1.54) is 0 Å². The van der Waals surface area contributed by atoms with Crippen molar-refractivity contribution in [2.45, 2.75) is 19.9 Å². The zero-order valence-electron chi connectivity index (χ0n) is 17.7. The summed E-state index contributed by atoms with van der Waals surface area (Å²) in [6.45, 7) is 10.4. The van der Waals surface area contributed by atoms with Gasteiger partial charge in [-0.2, -0.15) is 4.98 Å². The van der Waals surface area contributed by atoms with Gasteiger partial charge in [0.25, 0.3) is 0 Å². The zero-order valence-corrected chi connectivity index (χ0v) is 17.7. The van der Waals surface area contributed by atoms with Gasteiger partial charge in [0.05, 0.1) is 18.3 Å². The van der Waals surface area contributed by atoms with Crippen molar-refractivity contribution in [1.82, 2.24) is 24.8 Å². The Morgan fingerprint density at radius 3 is 2.48 bits per heavy atom. The summed E-state index contributed by atoms with van der Waals surface area (Å²) in [6, 6.07) is 5.74. The number of piperazine rings is 1. The Bertz CT molecular complexity index is 748. The molecule has 0 aliphatic carbocycles. The van der Waals surface area contributed by atoms with E-state index in [2.05, 4.69) is 56.3 Å². The Kier molecular flexibility index (Phi) is 7.74. The number of aromatic nitrogens is 3. The number of nitrogens with one attached hydrogen (secondary N) is 2. The highest BCUT2D eigenvalue weighted by Gasteiger charge is 2.16. The SMILES string of the molecule is CC(C)[C@@H](CO)Nc1nc(NCCN2CCN(C)CC2)cc(-c2ccncc2)n1. The Labute approximate surface area is 173 Å². The lowest BCUT2D eigenvalue weighted by Crippen LogP contribution is -2.45. The molecule has 29 heavy (non-hydrogen) atoms. The maximum atomic E-state index is 9.67. The summed E-state index contributed by atoms with van der Waals surface area (Å²) in [5.74, 6) is 1.57. The van der Waals surface area contributed by atoms with E-state index in [1.54, 1.807) is 12.4 Å². The summed E-state index contributed by atoms with van der Waals surface area (Å²) in [7, 11) is 2.17. The number of aliphatic hydroxyl groups excluding tert-OH is 1. The molecule has 8 nitrogen and oxygen atoms in total. The number of hydrogen-bond acceptors (Lipinski definition) is 8. The van der Waals surface area contributed by atoms with Crippen molar-refractivity contribution in [3.8, 4) is 11.3 Å². The predicted octanol–water partition coefficient (Wildman–Crippen LogP) is 1.63. The van der Waals surface area contributed by atoms with Gasteiger partial charge in [-0.05, 0) is 25.1 Å². The van der Waals surface area contributed by atoms with Crippen LogP contribution in [0.3, 0.4) is 0 Å². The number of likely N-dealkylation sites (N-methyl/N-ethyl adjacent to an activating group) is 1. The quantitative estimate of drug-likeness (QED) is 0.586. The van der Waals surface area contributed by atoms with Gasteiger partial charge in [-0.3, -0.25) is 9.88 Å². The Morgan fingerprint density at radius 1 is 1.10 bits per heavy atom. The van der Waals surface area contributed by atoms with Crippen LogP contribution < -0.4 is 10.6 Å². The van der Waals surface area contributed by atoms with Crippen LogP contribution in [0, 0.1) is 5.92 Å². The normalized spacial score (nSPS) is 16.7. The van der Waals surface area contributed by atoms with Gasteiger partial charge in [0, 0.05) is 63.3 Å². The van der Waals surface area contributed by atoms with E-state index in [0.29, 0.717) is 5.95 Å². The number of pyridine rings is 1. The van der Waals surface area contributed by atoms with Crippen molar-refractivity contribution in [3.05, 3.63) is 30.6 Å². The minimum Gasteiger partial charge on any atom is -0.394 e. The number of anilines is 2. The summed E-state index contributed by atoms with van der Waals surface area (Å²) in [5, 5.41) is 16.4. The number of hydrogen-bond donors (Lipinski definition) is 3. The van der Waals surface area contributed by atoms with Gasteiger partial charge in [-0.15, -0.1) is 0 Å². The van der Waals surface area contributed by atoms with Crippen LogP contribution in [0.15, 0.2) is 30.6 Å². The zero-order chi connectivity index (χ0) is 20.6. The maximum absolute atomic E-state index is 9.67. The molecule has 3 rings (SSSR count). The van der Waals surface area contributed by atoms with E-state index in [4.69, 9.17) is 0 Å². The van der Waals surface area contributed by atoms with Gasteiger partial charge in [0.15, 0.2) is 0 Å². The van der Waals surface area contributed by atoms with Crippen LogP contribution in [0.25, 0.3) is 11.3 Å². The molecule has 1 saturated heterocycles. The van der Waals surface area contributed by atoms with Crippen molar-refractivity contribution in [3.63, 3.8) is 0 Å². The largest absolute Gasteiger partial charge is 0.394 e. The van der Waals surface area contributed by atoms with Crippen LogP contribution >= 0.6 is 0 Å². The second-order valence-corrected chi connectivity index (χ2v) is 7.95. The predicted molar refractivity (Wildman–Crippen MR) is 117 cm³/mol. The van der Waals surface area contributed by atoms with Gasteiger partial charge < -0.3 is 20.6 Å². The number of nitrogens with zero attached hydrogens (tertiary/aromatic N) is 5. The van der Waals surface area contributed by atoms with Crippen LogP contribution in [-0.2, 0) is 0 Å². The third-order valence-corrected chi connectivity index (χ3v) is 5.35. The summed E-state index contributed by atoms with van der Waals surface area (Å²) in [5.41, 5.74) is 1.81. The molecule has 0 amide bonds. The average Bonchev–Trinajstić information content (AvgIpc) is 2.74. The molecule has 2 aromatic rings. The monoisotopic (exact) mass is 399 g/mol. The maximum Gasteiger partial charge on any atom is 0.225 e. The molecule has 0 saturated carbocycles. The van der Waals surface area contributed by atoms with E-state index in [-0.39, 0.29) is 18.6 Å². The third-order valence-electron chi connectivity index (χ3n) is 5.35. The summed E-state index contributed by atoms with van der Waals surface area (Å²) in [6.07, 6.45) is 3.52. The fourth-order valence-electron chi connectivity index (χ4n) is 3.28. The van der Waals surface area contributed by atoms with Gasteiger partial charge in [0.1, 0.15) is 5.82 Å². The molecule has 3 heterocycles. The second kappa shape index (κ2) is 10.5. The van der Waals surface area contributed by atoms with Crippen molar-refractivity contribution in [2.75, 3.05) is 63.6 Å². The standard InChI is InChI=1S/C21H33N7O/c1-16(2)19(15-29)25-21-24-18(17-4-6-22-7-5-17)14-20(26-21)23-8-9-28-12-10-27(3)11-13-28/h4-7,14,16,19,29H,8-13,15H2,1-3H3,(H2,23,24,25,26)/t19-/m1/s1. The molecule has 1 fully saturated rings. The highest BCUT2D eigenvalue weighted by molar-refractivity contribution is 5.64. The fraction of sp³-hybridized carbons (Fsp3) is 0.571. The fourth-order valence-corrected chi connectivity index (χ4v) is 3.28. The molecule has 1 aliphatic heterocycles. The van der Waals surface area contributed by atoms with E-state index < -0.39 is 0 Å². The second-order valence-electron chi connectivity index (χ2n) is 7.95. The summed E-state index contributed by atoms with van der Waals surface area (Å²) in [4.78, 5) is 18.2. The summed E-state index contributed by atoms with van der Waals surface area (Å²) < 4.78 is 0. The van der Waals surface area contributed by atoms with Gasteiger partial charge >= 0.3 is 0 Å². The van der Waals surface area contributed by atoms with Crippen LogP contribution in [-0.4, -0.2) is 88.8 Å². The first-order chi connectivity index (χ1) is 14.0. The van der Waals surface area contributed by atoms with Crippen molar-refractivity contribution in [1.29, 1.82) is 0 Å². The van der Waals surface area contributed by atoms with Gasteiger partial charge in [-0.1, -0.05) is 13.8 Å². The lowest BCUT2D eigenvalue weighted by molar-refractivity contribution is 0.158. The topological polar surface area (TPSA) is 89.4 Å². The lowest BCUT2D eigenvalue weighted by atomic mass is 10.1. The van der Waals surface area contributed by atoms with Gasteiger partial charge in [-0.25, -0.2) is 4.98 Å². The molecule has 158 valence electrons. The average molecular weight is 400 g/mol. The van der Waals surface area contributed by atoms with Crippen LogP contribution in [0.1, 0.15) is 13.8 Å². The number of aliphatic hydroxyl groups is 1. The minimum absolute atomic E-state index is 0.0344. The van der Waals surface area contributed by atoms with Crippen LogP contribution in [0.4, 0.5) is 11.8 Å². The molecule has 8 heteroatoms. The molecule has 1 aliphatic rings. The lowest BCUT2D eigenvalue weighted by Gasteiger charge is -2.32. The molecular formula is C21H33N7O. The first kappa shape index (κ1) is 21.4. The minimum atomic E-state index is -0.0964. The number of rotatable bonds is 9.